The lowest BCUT2D eigenvalue weighted by atomic mass is 10.3. The average molecular weight is 204 g/mol. The van der Waals surface area contributed by atoms with Crippen molar-refractivity contribution in [2.45, 2.75) is 0 Å². The minimum Gasteiger partial charge on any atom is -0.370 e. The van der Waals surface area contributed by atoms with Gasteiger partial charge in [-0.2, -0.15) is 9.98 Å². The van der Waals surface area contributed by atoms with Crippen molar-refractivity contribution in [2.24, 2.45) is 16.5 Å². The van der Waals surface area contributed by atoms with Gasteiger partial charge in [0.2, 0.25) is 5.82 Å². The molecule has 0 bridgehead atoms. The molecule has 15 heavy (non-hydrogen) atoms. The monoisotopic (exact) mass is 204 g/mol. The van der Waals surface area contributed by atoms with Crippen molar-refractivity contribution in [1.29, 1.82) is 0 Å². The lowest BCUT2D eigenvalue weighted by molar-refractivity contribution is 0.430. The van der Waals surface area contributed by atoms with Crippen molar-refractivity contribution in [3.8, 4) is 11.4 Å². The van der Waals surface area contributed by atoms with Crippen LogP contribution in [0.25, 0.3) is 11.4 Å². The average Bonchev–Trinajstić information content (AvgIpc) is 2.67. The van der Waals surface area contributed by atoms with Gasteiger partial charge in [-0.05, 0) is 12.1 Å². The van der Waals surface area contributed by atoms with Crippen molar-refractivity contribution in [2.75, 3.05) is 0 Å². The minimum atomic E-state index is -0.128. The predicted octanol–water partition coefficient (Wildman–Crippen LogP) is 0.0365. The van der Waals surface area contributed by atoms with E-state index >= 15 is 0 Å². The smallest absolute Gasteiger partial charge is 0.351 e. The summed E-state index contributed by atoms with van der Waals surface area (Å²) >= 11 is 0. The van der Waals surface area contributed by atoms with Crippen LogP contribution in [0.3, 0.4) is 0 Å². The summed E-state index contributed by atoms with van der Waals surface area (Å²) in [6, 6.07) is 3.59. The fourth-order valence-corrected chi connectivity index (χ4v) is 0.984. The molecule has 0 aliphatic carbocycles. The zero-order valence-electron chi connectivity index (χ0n) is 7.66. The largest absolute Gasteiger partial charge is 0.370 e. The highest BCUT2D eigenvalue weighted by Crippen LogP contribution is 2.17. The number of rotatable bonds is 2. The number of pyridine rings is 1. The van der Waals surface area contributed by atoms with Crippen LogP contribution in [0.2, 0.25) is 0 Å². The van der Waals surface area contributed by atoms with Gasteiger partial charge in [0.15, 0.2) is 5.96 Å². The molecule has 2 rings (SSSR count). The molecule has 0 unspecified atom stereocenters. The molecule has 7 heteroatoms. The summed E-state index contributed by atoms with van der Waals surface area (Å²) in [5.41, 5.74) is 11.1. The number of aromatic nitrogens is 3. The molecular formula is C8H8N6O. The molecule has 0 atom stereocenters. The second-order valence-electron chi connectivity index (χ2n) is 2.68. The number of nitrogens with two attached hydrogens (primary N) is 2. The quantitative estimate of drug-likeness (QED) is 0.526. The fraction of sp³-hybridized carbons (Fsp3) is 0. The van der Waals surface area contributed by atoms with Crippen LogP contribution in [0.4, 0.5) is 6.01 Å². The molecule has 2 aromatic rings. The highest BCUT2D eigenvalue weighted by molar-refractivity contribution is 5.77. The zero-order valence-corrected chi connectivity index (χ0v) is 7.66. The van der Waals surface area contributed by atoms with E-state index in [1.807, 2.05) is 0 Å². The molecule has 0 aliphatic rings. The topological polar surface area (TPSA) is 116 Å². The Morgan fingerprint density at radius 3 is 2.93 bits per heavy atom. The van der Waals surface area contributed by atoms with E-state index in [0.29, 0.717) is 5.82 Å². The molecule has 0 fully saturated rings. The molecule has 0 saturated heterocycles. The van der Waals surface area contributed by atoms with E-state index in [2.05, 4.69) is 20.1 Å². The van der Waals surface area contributed by atoms with Gasteiger partial charge in [-0.25, -0.2) is 0 Å². The first-order valence-corrected chi connectivity index (χ1v) is 4.09. The highest BCUT2D eigenvalue weighted by atomic mass is 16.5. The van der Waals surface area contributed by atoms with Gasteiger partial charge in [0.1, 0.15) is 0 Å². The summed E-state index contributed by atoms with van der Waals surface area (Å²) < 4.78 is 4.79. The third kappa shape index (κ3) is 2.08. The van der Waals surface area contributed by atoms with Gasteiger partial charge >= 0.3 is 6.01 Å². The first kappa shape index (κ1) is 9.13. The SMILES string of the molecule is NC(N)=Nc1nc(-c2cccnc2)no1. The number of aliphatic imine (C=N–C) groups is 1. The van der Waals surface area contributed by atoms with Gasteiger partial charge in [-0.3, -0.25) is 4.98 Å². The van der Waals surface area contributed by atoms with Crippen LogP contribution in [0.15, 0.2) is 34.0 Å². The number of nitrogens with zero attached hydrogens (tertiary/aromatic N) is 4. The molecule has 0 aliphatic heterocycles. The second kappa shape index (κ2) is 3.74. The van der Waals surface area contributed by atoms with Crippen LogP contribution in [0.5, 0.6) is 0 Å². The van der Waals surface area contributed by atoms with Crippen LogP contribution in [-0.4, -0.2) is 21.1 Å². The van der Waals surface area contributed by atoms with Crippen molar-refractivity contribution in [1.82, 2.24) is 15.1 Å². The zero-order chi connectivity index (χ0) is 10.7. The summed E-state index contributed by atoms with van der Waals surface area (Å²) in [5.74, 6) is 0.263. The summed E-state index contributed by atoms with van der Waals surface area (Å²) in [4.78, 5) is 11.5. The van der Waals surface area contributed by atoms with E-state index in [9.17, 15) is 0 Å². The second-order valence-corrected chi connectivity index (χ2v) is 2.68. The third-order valence-electron chi connectivity index (χ3n) is 1.56. The molecule has 7 nitrogen and oxygen atoms in total. The molecule has 0 amide bonds. The van der Waals surface area contributed by atoms with Crippen molar-refractivity contribution in [3.05, 3.63) is 24.5 Å². The van der Waals surface area contributed by atoms with E-state index < -0.39 is 0 Å². The van der Waals surface area contributed by atoms with E-state index in [-0.39, 0.29) is 12.0 Å². The van der Waals surface area contributed by atoms with E-state index in [0.717, 1.165) is 5.56 Å². The Bertz CT molecular complexity index is 473. The molecule has 2 heterocycles. The number of hydrogen-bond donors (Lipinski definition) is 2. The molecule has 0 spiro atoms. The fourth-order valence-electron chi connectivity index (χ4n) is 0.984. The van der Waals surface area contributed by atoms with Crippen LogP contribution in [0.1, 0.15) is 0 Å². The van der Waals surface area contributed by atoms with Crippen molar-refractivity contribution in [3.63, 3.8) is 0 Å². The van der Waals surface area contributed by atoms with Gasteiger partial charge in [0, 0.05) is 18.0 Å². The van der Waals surface area contributed by atoms with Crippen LogP contribution in [0, 0.1) is 0 Å². The molecule has 2 aromatic heterocycles. The van der Waals surface area contributed by atoms with Crippen LogP contribution < -0.4 is 11.5 Å². The Morgan fingerprint density at radius 2 is 2.27 bits per heavy atom. The predicted molar refractivity (Wildman–Crippen MR) is 53.0 cm³/mol. The van der Waals surface area contributed by atoms with Gasteiger partial charge < -0.3 is 16.0 Å². The Morgan fingerprint density at radius 1 is 1.40 bits per heavy atom. The minimum absolute atomic E-state index is 0.0221. The molecule has 0 saturated carbocycles. The van der Waals surface area contributed by atoms with Gasteiger partial charge in [-0.1, -0.05) is 5.16 Å². The summed E-state index contributed by atoms with van der Waals surface area (Å²) in [5, 5.41) is 3.70. The number of guanidine groups is 1. The molecular weight excluding hydrogens is 196 g/mol. The van der Waals surface area contributed by atoms with Gasteiger partial charge in [0.25, 0.3) is 0 Å². The first-order valence-electron chi connectivity index (χ1n) is 4.09. The maximum Gasteiger partial charge on any atom is 0.351 e. The van der Waals surface area contributed by atoms with E-state index in [4.69, 9.17) is 16.0 Å². The maximum absolute atomic E-state index is 5.16. The Hall–Kier alpha value is -2.44. The number of hydrogen-bond acceptors (Lipinski definition) is 5. The van der Waals surface area contributed by atoms with Crippen LogP contribution in [-0.2, 0) is 0 Å². The summed E-state index contributed by atoms with van der Waals surface area (Å²) in [7, 11) is 0. The lowest BCUT2D eigenvalue weighted by Crippen LogP contribution is -2.21. The van der Waals surface area contributed by atoms with Crippen molar-refractivity contribution < 1.29 is 4.52 Å². The summed E-state index contributed by atoms with van der Waals surface area (Å²) in [6.07, 6.45) is 3.27. The first-order chi connectivity index (χ1) is 7.25. The maximum atomic E-state index is 5.16. The lowest BCUT2D eigenvalue weighted by Gasteiger charge is -1.89. The Labute approximate surface area is 84.8 Å². The highest BCUT2D eigenvalue weighted by Gasteiger charge is 2.07. The van der Waals surface area contributed by atoms with E-state index in [1.165, 1.54) is 0 Å². The van der Waals surface area contributed by atoms with Crippen LogP contribution >= 0.6 is 0 Å². The molecule has 4 N–H and O–H groups in total. The standard InChI is InChI=1S/C8H8N6O/c9-7(10)13-8-12-6(14-15-8)5-2-1-3-11-4-5/h1-4H,(H4,9,10,12,13,14). The molecule has 76 valence electrons. The Balaban J connectivity index is 2.32. The van der Waals surface area contributed by atoms with Crippen molar-refractivity contribution >= 4 is 12.0 Å². The van der Waals surface area contributed by atoms with Gasteiger partial charge in [-0.15, -0.1) is 0 Å². The third-order valence-corrected chi connectivity index (χ3v) is 1.56. The normalized spacial score (nSPS) is 9.87. The Kier molecular flexibility index (Phi) is 2.28. The van der Waals surface area contributed by atoms with E-state index in [1.54, 1.807) is 24.5 Å². The molecule has 0 aromatic carbocycles. The van der Waals surface area contributed by atoms with Gasteiger partial charge in [0.05, 0.1) is 0 Å². The molecule has 0 radical (unpaired) electrons. The summed E-state index contributed by atoms with van der Waals surface area (Å²) in [6.45, 7) is 0.